The third kappa shape index (κ3) is 3.53. The van der Waals surface area contributed by atoms with Gasteiger partial charge in [0.05, 0.1) is 17.4 Å². The Hall–Kier alpha value is -2.70. The number of hydrogen-bond acceptors (Lipinski definition) is 4. The van der Waals surface area contributed by atoms with Crippen LogP contribution in [-0.2, 0) is 11.3 Å². The molecule has 6 heteroatoms. The minimum absolute atomic E-state index is 0.209. The number of fused-ring (bicyclic) bond motifs is 1. The summed E-state index contributed by atoms with van der Waals surface area (Å²) in [5, 5.41) is 1.97. The highest BCUT2D eigenvalue weighted by Crippen LogP contribution is 2.32. The number of amides is 2. The number of rotatable bonds is 4. The van der Waals surface area contributed by atoms with Crippen LogP contribution in [0.3, 0.4) is 0 Å². The maximum Gasteiger partial charge on any atom is 0.261 e. The Labute approximate surface area is 175 Å². The zero-order valence-electron chi connectivity index (χ0n) is 15.0. The van der Waals surface area contributed by atoms with Crippen LogP contribution < -0.4 is 4.74 Å². The number of imide groups is 1. The van der Waals surface area contributed by atoms with E-state index in [9.17, 15) is 9.59 Å². The molecule has 2 aromatic carbocycles. The number of carbonyl (C=O) groups is 2. The average molecular weight is 454 g/mol. The number of carbonyl (C=O) groups excluding carboxylic acids is 2. The second-order valence-electron chi connectivity index (χ2n) is 6.33. The molecule has 0 aliphatic carbocycles. The van der Waals surface area contributed by atoms with Gasteiger partial charge in [0.15, 0.2) is 0 Å². The molecule has 0 spiro atoms. The smallest absolute Gasteiger partial charge is 0.261 e. The molecule has 0 N–H and O–H groups in total. The molecule has 0 saturated heterocycles. The Morgan fingerprint density at radius 1 is 1.04 bits per heavy atom. The number of hydrogen-bond donors (Lipinski definition) is 0. The van der Waals surface area contributed by atoms with Crippen molar-refractivity contribution in [2.24, 2.45) is 0 Å². The fraction of sp³-hybridized carbons (Fsp3) is 0.0909. The Balaban J connectivity index is 1.75. The van der Waals surface area contributed by atoms with Crippen molar-refractivity contribution in [3.05, 3.63) is 86.0 Å². The van der Waals surface area contributed by atoms with E-state index >= 15 is 0 Å². The van der Waals surface area contributed by atoms with E-state index in [1.807, 2.05) is 60.0 Å². The molecule has 0 saturated carbocycles. The van der Waals surface area contributed by atoms with E-state index < -0.39 is 0 Å². The summed E-state index contributed by atoms with van der Waals surface area (Å²) in [6.07, 6.45) is 1.84. The van der Waals surface area contributed by atoms with Crippen molar-refractivity contribution >= 4 is 50.7 Å². The van der Waals surface area contributed by atoms with Crippen molar-refractivity contribution in [3.8, 4) is 5.75 Å². The molecule has 0 unspecified atom stereocenters. The summed E-state index contributed by atoms with van der Waals surface area (Å²) in [5.74, 6) is 0.163. The van der Waals surface area contributed by atoms with Crippen molar-refractivity contribution in [2.75, 3.05) is 7.11 Å². The minimum atomic E-state index is -0.290. The summed E-state index contributed by atoms with van der Waals surface area (Å²) < 4.78 is 6.16. The number of halogens is 1. The van der Waals surface area contributed by atoms with E-state index in [0.717, 1.165) is 20.7 Å². The Kier molecular flexibility index (Phi) is 5.15. The summed E-state index contributed by atoms with van der Waals surface area (Å²) in [4.78, 5) is 27.5. The lowest BCUT2D eigenvalue weighted by Gasteiger charge is -2.28. The average Bonchev–Trinajstić information content (AvgIpc) is 3.14. The number of nitrogens with zero attached hydrogens (tertiary/aromatic N) is 1. The molecule has 2 heterocycles. The van der Waals surface area contributed by atoms with E-state index in [-0.39, 0.29) is 18.4 Å². The van der Waals surface area contributed by atoms with Crippen LogP contribution in [0.2, 0.25) is 0 Å². The standard InChI is InChI=1S/C22H16BrNO3S/c1-27-16-8-6-14(7-9-16)12-24-21(25)18-5-3-2-4-17(18)19(22(24)26)10-15-11-20(23)28-13-15/h2-11,13H,12H2,1H3/b19-10-. The van der Waals surface area contributed by atoms with Crippen LogP contribution in [0.5, 0.6) is 5.75 Å². The van der Waals surface area contributed by atoms with Gasteiger partial charge in [-0.3, -0.25) is 14.5 Å². The number of methoxy groups -OCH3 is 1. The Bertz CT molecular complexity index is 1090. The molecule has 0 atom stereocenters. The largest absolute Gasteiger partial charge is 0.497 e. The molecule has 4 nitrogen and oxygen atoms in total. The lowest BCUT2D eigenvalue weighted by atomic mass is 9.92. The van der Waals surface area contributed by atoms with Gasteiger partial charge < -0.3 is 4.74 Å². The SMILES string of the molecule is COc1ccc(CN2C(=O)/C(=C\c3csc(Br)c3)c3ccccc3C2=O)cc1. The number of benzene rings is 2. The molecular weight excluding hydrogens is 438 g/mol. The third-order valence-corrected chi connectivity index (χ3v) is 6.09. The van der Waals surface area contributed by atoms with E-state index in [0.29, 0.717) is 16.7 Å². The molecule has 1 aromatic heterocycles. The maximum atomic E-state index is 13.2. The van der Waals surface area contributed by atoms with Crippen LogP contribution >= 0.6 is 27.3 Å². The molecule has 3 aromatic rings. The first-order valence-corrected chi connectivity index (χ1v) is 10.3. The van der Waals surface area contributed by atoms with E-state index in [2.05, 4.69) is 15.9 Å². The van der Waals surface area contributed by atoms with Crippen LogP contribution in [-0.4, -0.2) is 23.8 Å². The molecule has 2 amide bonds. The topological polar surface area (TPSA) is 46.6 Å². The summed E-state index contributed by atoms with van der Waals surface area (Å²) in [6, 6.07) is 16.6. The van der Waals surface area contributed by atoms with Gasteiger partial charge in [0.1, 0.15) is 5.75 Å². The van der Waals surface area contributed by atoms with Gasteiger partial charge in [-0.15, -0.1) is 11.3 Å². The second kappa shape index (κ2) is 7.73. The van der Waals surface area contributed by atoms with Gasteiger partial charge in [-0.25, -0.2) is 0 Å². The fourth-order valence-electron chi connectivity index (χ4n) is 3.17. The lowest BCUT2D eigenvalue weighted by molar-refractivity contribution is -0.123. The molecule has 28 heavy (non-hydrogen) atoms. The third-order valence-electron chi connectivity index (χ3n) is 4.57. The molecule has 0 radical (unpaired) electrons. The van der Waals surface area contributed by atoms with Gasteiger partial charge in [0.2, 0.25) is 0 Å². The first-order valence-electron chi connectivity index (χ1n) is 8.61. The summed E-state index contributed by atoms with van der Waals surface area (Å²) >= 11 is 5.00. The molecular formula is C22H16BrNO3S. The van der Waals surface area contributed by atoms with Crippen molar-refractivity contribution in [1.29, 1.82) is 0 Å². The zero-order chi connectivity index (χ0) is 19.7. The van der Waals surface area contributed by atoms with Crippen molar-refractivity contribution < 1.29 is 14.3 Å². The van der Waals surface area contributed by atoms with Crippen molar-refractivity contribution in [1.82, 2.24) is 4.90 Å². The molecule has 4 rings (SSSR count). The molecule has 0 fully saturated rings. The highest BCUT2D eigenvalue weighted by atomic mass is 79.9. The van der Waals surface area contributed by atoms with E-state index in [1.54, 1.807) is 24.5 Å². The summed E-state index contributed by atoms with van der Waals surface area (Å²) in [7, 11) is 1.60. The predicted octanol–water partition coefficient (Wildman–Crippen LogP) is 5.24. The summed E-state index contributed by atoms with van der Waals surface area (Å²) in [5.41, 5.74) is 3.52. The molecule has 1 aliphatic rings. The van der Waals surface area contributed by atoms with Gasteiger partial charge in [0, 0.05) is 11.1 Å². The molecule has 140 valence electrons. The van der Waals surface area contributed by atoms with Crippen LogP contribution in [0.25, 0.3) is 11.6 Å². The predicted molar refractivity (Wildman–Crippen MR) is 114 cm³/mol. The van der Waals surface area contributed by atoms with E-state index in [4.69, 9.17) is 4.74 Å². The first kappa shape index (κ1) is 18.7. The normalized spacial score (nSPS) is 15.1. The van der Waals surface area contributed by atoms with Crippen LogP contribution in [0.4, 0.5) is 0 Å². The Morgan fingerprint density at radius 3 is 2.39 bits per heavy atom. The van der Waals surface area contributed by atoms with Crippen LogP contribution in [0.1, 0.15) is 27.0 Å². The highest BCUT2D eigenvalue weighted by molar-refractivity contribution is 9.11. The van der Waals surface area contributed by atoms with E-state index in [1.165, 1.54) is 4.90 Å². The second-order valence-corrected chi connectivity index (χ2v) is 8.62. The van der Waals surface area contributed by atoms with Crippen LogP contribution in [0, 0.1) is 0 Å². The van der Waals surface area contributed by atoms with Gasteiger partial charge in [0.25, 0.3) is 11.8 Å². The minimum Gasteiger partial charge on any atom is -0.497 e. The maximum absolute atomic E-state index is 13.2. The zero-order valence-corrected chi connectivity index (χ0v) is 17.4. The van der Waals surface area contributed by atoms with Gasteiger partial charge in [-0.1, -0.05) is 30.3 Å². The first-order chi connectivity index (χ1) is 13.6. The quantitative estimate of drug-likeness (QED) is 0.400. The van der Waals surface area contributed by atoms with Gasteiger partial charge in [-0.2, -0.15) is 0 Å². The number of ether oxygens (including phenoxy) is 1. The fourth-order valence-corrected chi connectivity index (χ4v) is 4.30. The highest BCUT2D eigenvalue weighted by Gasteiger charge is 2.34. The van der Waals surface area contributed by atoms with Gasteiger partial charge in [-0.05, 0) is 68.3 Å². The monoisotopic (exact) mass is 453 g/mol. The molecule has 1 aliphatic heterocycles. The Morgan fingerprint density at radius 2 is 1.75 bits per heavy atom. The van der Waals surface area contributed by atoms with Crippen LogP contribution in [0.15, 0.2) is 63.8 Å². The molecule has 0 bridgehead atoms. The van der Waals surface area contributed by atoms with Gasteiger partial charge >= 0.3 is 0 Å². The summed E-state index contributed by atoms with van der Waals surface area (Å²) in [6.45, 7) is 0.209. The van der Waals surface area contributed by atoms with Crippen molar-refractivity contribution in [3.63, 3.8) is 0 Å². The number of thiophene rings is 1. The van der Waals surface area contributed by atoms with Crippen molar-refractivity contribution in [2.45, 2.75) is 6.54 Å². The lowest BCUT2D eigenvalue weighted by Crippen LogP contribution is -2.41.